The fourth-order valence-electron chi connectivity index (χ4n) is 3.05. The van der Waals surface area contributed by atoms with Crippen molar-refractivity contribution in [3.8, 4) is 0 Å². The van der Waals surface area contributed by atoms with Crippen molar-refractivity contribution in [2.45, 2.75) is 0 Å². The predicted octanol–water partition coefficient (Wildman–Crippen LogP) is 2.81. The topological polar surface area (TPSA) is 26.0 Å². The zero-order chi connectivity index (χ0) is 13.5. The van der Waals surface area contributed by atoms with Crippen molar-refractivity contribution in [3.63, 3.8) is 0 Å². The van der Waals surface area contributed by atoms with Crippen LogP contribution in [0.25, 0.3) is 32.3 Å². The molecule has 0 amide bonds. The van der Waals surface area contributed by atoms with Crippen LogP contribution < -0.4 is 10.6 Å². The Morgan fingerprint density at radius 2 is 1.35 bits per heavy atom. The Kier molecular flexibility index (Phi) is 2.59. The number of fused-ring (bicyclic) bond motifs is 4. The predicted molar refractivity (Wildman–Crippen MR) is 91.3 cm³/mol. The van der Waals surface area contributed by atoms with Crippen molar-refractivity contribution in [1.82, 2.24) is 0 Å². The van der Waals surface area contributed by atoms with Crippen LogP contribution in [0.5, 0.6) is 0 Å². The zero-order valence-corrected chi connectivity index (χ0v) is 12.5. The quantitative estimate of drug-likeness (QED) is 0.322. The van der Waals surface area contributed by atoms with Gasteiger partial charge in [-0.15, -0.1) is 0 Å². The summed E-state index contributed by atoms with van der Waals surface area (Å²) in [6.07, 6.45) is 0. The molecule has 1 nitrogen and oxygen atoms in total. The number of benzene rings is 4. The maximum Gasteiger partial charge on any atom is 0.122 e. The number of hydrogen-bond acceptors (Lipinski definition) is 1. The molecule has 0 aromatic heterocycles. The summed E-state index contributed by atoms with van der Waals surface area (Å²) in [7, 11) is -0.670. The molecule has 4 rings (SSSR count). The highest BCUT2D eigenvalue weighted by atomic mass is 28.2. The monoisotopic (exact) mass is 273 g/mol. The van der Waals surface area contributed by atoms with E-state index >= 15 is 0 Å². The molecule has 0 aliphatic heterocycles. The van der Waals surface area contributed by atoms with Gasteiger partial charge in [-0.05, 0) is 49.6 Å². The maximum absolute atomic E-state index is 6.06. The molecular weight excluding hydrogens is 258 g/mol. The lowest BCUT2D eigenvalue weighted by Gasteiger charge is -2.09. The number of nitrogens with two attached hydrogens (primary N) is 1. The van der Waals surface area contributed by atoms with E-state index in [-0.39, 0.29) is 0 Å². The summed E-state index contributed by atoms with van der Waals surface area (Å²) in [6.45, 7) is 0. The van der Waals surface area contributed by atoms with Crippen molar-refractivity contribution >= 4 is 47.2 Å². The first-order chi connectivity index (χ1) is 9.86. The van der Waals surface area contributed by atoms with Gasteiger partial charge in [0.15, 0.2) is 0 Å². The Hall–Kier alpha value is -2.16. The van der Waals surface area contributed by atoms with E-state index in [4.69, 9.17) is 5.40 Å². The first-order valence-corrected chi connectivity index (χ1v) is 8.42. The molecule has 0 saturated heterocycles. The standard InChI is InChI=1S/C18H15NSi/c19-20-17-7-3-6-12-8-9-15-10-13-4-1-2-5-14(13)11-16(15)18(12)17/h1-11H,19-20H2. The Morgan fingerprint density at radius 3 is 2.15 bits per heavy atom. The molecule has 0 fully saturated rings. The van der Waals surface area contributed by atoms with Crippen LogP contribution in [-0.4, -0.2) is 9.68 Å². The van der Waals surface area contributed by atoms with E-state index in [0.717, 1.165) is 0 Å². The van der Waals surface area contributed by atoms with Gasteiger partial charge < -0.3 is 5.40 Å². The molecule has 2 heteroatoms. The number of rotatable bonds is 1. The van der Waals surface area contributed by atoms with Gasteiger partial charge in [0.1, 0.15) is 9.68 Å². The third-order valence-electron chi connectivity index (χ3n) is 4.03. The summed E-state index contributed by atoms with van der Waals surface area (Å²) in [5.41, 5.74) is 0. The summed E-state index contributed by atoms with van der Waals surface area (Å²) in [4.78, 5) is 0. The summed E-state index contributed by atoms with van der Waals surface area (Å²) < 4.78 is 0. The second kappa shape index (κ2) is 4.44. The van der Waals surface area contributed by atoms with E-state index in [2.05, 4.69) is 66.7 Å². The highest BCUT2D eigenvalue weighted by Crippen LogP contribution is 2.28. The first kappa shape index (κ1) is 11.6. The number of hydrogen-bond donors (Lipinski definition) is 1. The SMILES string of the molecule is N[SiH2]c1cccc2ccc3cc4ccccc4cc3c12. The van der Waals surface area contributed by atoms with Crippen molar-refractivity contribution in [1.29, 1.82) is 0 Å². The normalized spacial score (nSPS) is 12.1. The molecule has 0 bridgehead atoms. The Balaban J connectivity index is 2.25. The lowest BCUT2D eigenvalue weighted by Crippen LogP contribution is -2.23. The molecule has 0 aliphatic carbocycles. The van der Waals surface area contributed by atoms with Crippen LogP contribution in [0.3, 0.4) is 0 Å². The zero-order valence-electron chi connectivity index (χ0n) is 11.1. The molecule has 0 saturated carbocycles. The van der Waals surface area contributed by atoms with Crippen molar-refractivity contribution in [3.05, 3.63) is 66.7 Å². The minimum atomic E-state index is -0.670. The van der Waals surface area contributed by atoms with Crippen molar-refractivity contribution < 1.29 is 0 Å². The maximum atomic E-state index is 6.06. The van der Waals surface area contributed by atoms with Gasteiger partial charge in [0.25, 0.3) is 0 Å². The van der Waals surface area contributed by atoms with E-state index in [0.29, 0.717) is 0 Å². The Morgan fingerprint density at radius 1 is 0.650 bits per heavy atom. The van der Waals surface area contributed by atoms with Crippen LogP contribution in [-0.2, 0) is 0 Å². The van der Waals surface area contributed by atoms with Gasteiger partial charge in [-0.3, -0.25) is 0 Å². The lowest BCUT2D eigenvalue weighted by atomic mass is 9.98. The smallest absolute Gasteiger partial charge is 0.122 e. The minimum absolute atomic E-state index is 0.670. The van der Waals surface area contributed by atoms with Crippen molar-refractivity contribution in [2.24, 2.45) is 5.40 Å². The fraction of sp³-hybridized carbons (Fsp3) is 0. The molecule has 0 heterocycles. The Labute approximate surface area is 119 Å². The molecule has 0 atom stereocenters. The third kappa shape index (κ3) is 1.66. The van der Waals surface area contributed by atoms with Crippen LogP contribution >= 0.6 is 0 Å². The van der Waals surface area contributed by atoms with Crippen LogP contribution in [0, 0.1) is 0 Å². The average molecular weight is 273 g/mol. The summed E-state index contributed by atoms with van der Waals surface area (Å²) in [5, 5.41) is 15.3. The lowest BCUT2D eigenvalue weighted by molar-refractivity contribution is 1.78. The minimum Gasteiger partial charge on any atom is -0.352 e. The molecule has 0 unspecified atom stereocenters. The van der Waals surface area contributed by atoms with Gasteiger partial charge in [0, 0.05) is 0 Å². The third-order valence-corrected chi connectivity index (χ3v) is 5.06. The molecule has 0 aliphatic rings. The second-order valence-corrected chi connectivity index (χ2v) is 6.38. The molecule has 4 aromatic rings. The summed E-state index contributed by atoms with van der Waals surface area (Å²) in [5.74, 6) is 0. The van der Waals surface area contributed by atoms with E-state index in [9.17, 15) is 0 Å². The van der Waals surface area contributed by atoms with Crippen LogP contribution in [0.2, 0.25) is 0 Å². The van der Waals surface area contributed by atoms with E-state index in [1.54, 1.807) is 0 Å². The Bertz CT molecular complexity index is 944. The second-order valence-electron chi connectivity index (χ2n) is 5.21. The van der Waals surface area contributed by atoms with Crippen molar-refractivity contribution in [2.75, 3.05) is 0 Å². The van der Waals surface area contributed by atoms with Gasteiger partial charge >= 0.3 is 0 Å². The largest absolute Gasteiger partial charge is 0.352 e. The van der Waals surface area contributed by atoms with Gasteiger partial charge in [0.05, 0.1) is 0 Å². The van der Waals surface area contributed by atoms with E-state index in [1.807, 2.05) is 0 Å². The van der Waals surface area contributed by atoms with E-state index < -0.39 is 9.68 Å². The van der Waals surface area contributed by atoms with Gasteiger partial charge in [-0.2, -0.15) is 0 Å². The molecular formula is C18H15NSi. The molecule has 0 radical (unpaired) electrons. The molecule has 4 aromatic carbocycles. The summed E-state index contributed by atoms with van der Waals surface area (Å²) in [6, 6.07) is 24.0. The molecule has 20 heavy (non-hydrogen) atoms. The highest BCUT2D eigenvalue weighted by Gasteiger charge is 2.06. The van der Waals surface area contributed by atoms with Crippen LogP contribution in [0.1, 0.15) is 0 Å². The first-order valence-electron chi connectivity index (χ1n) is 6.90. The summed E-state index contributed by atoms with van der Waals surface area (Å²) >= 11 is 0. The highest BCUT2D eigenvalue weighted by molar-refractivity contribution is 6.55. The average Bonchev–Trinajstić information content (AvgIpc) is 2.52. The van der Waals surface area contributed by atoms with E-state index in [1.165, 1.54) is 37.5 Å². The molecule has 96 valence electrons. The van der Waals surface area contributed by atoms with Gasteiger partial charge in [-0.1, -0.05) is 54.6 Å². The van der Waals surface area contributed by atoms with Crippen LogP contribution in [0.4, 0.5) is 0 Å². The van der Waals surface area contributed by atoms with Crippen LogP contribution in [0.15, 0.2) is 66.7 Å². The van der Waals surface area contributed by atoms with Gasteiger partial charge in [0.2, 0.25) is 0 Å². The van der Waals surface area contributed by atoms with Gasteiger partial charge in [-0.25, -0.2) is 0 Å². The molecule has 2 N–H and O–H groups in total. The fourth-order valence-corrected chi connectivity index (χ4v) is 3.92. The molecule has 0 spiro atoms.